The van der Waals surface area contributed by atoms with Gasteiger partial charge in [0.15, 0.2) is 0 Å². The van der Waals surface area contributed by atoms with Gasteiger partial charge >= 0.3 is 5.97 Å². The van der Waals surface area contributed by atoms with E-state index in [0.717, 1.165) is 16.7 Å². The highest BCUT2D eigenvalue weighted by molar-refractivity contribution is 7.89. The molecule has 0 aliphatic carbocycles. The van der Waals surface area contributed by atoms with E-state index in [4.69, 9.17) is 4.74 Å². The highest BCUT2D eigenvalue weighted by Gasteiger charge is 2.22. The lowest BCUT2D eigenvalue weighted by Gasteiger charge is -2.19. The van der Waals surface area contributed by atoms with Crippen molar-refractivity contribution in [3.8, 4) is 0 Å². The van der Waals surface area contributed by atoms with E-state index < -0.39 is 22.0 Å². The topological polar surface area (TPSA) is 72.5 Å². The Morgan fingerprint density at radius 2 is 1.58 bits per heavy atom. The molecular formula is C20H25NO4S. The molecule has 0 aromatic heterocycles. The molecule has 0 aliphatic heterocycles. The van der Waals surface area contributed by atoms with Gasteiger partial charge in [0.2, 0.25) is 10.0 Å². The van der Waals surface area contributed by atoms with Crippen LogP contribution in [-0.2, 0) is 14.8 Å². The smallest absolute Gasteiger partial charge is 0.338 e. The van der Waals surface area contributed by atoms with Gasteiger partial charge in [-0.1, -0.05) is 18.2 Å². The van der Waals surface area contributed by atoms with Crippen LogP contribution in [0.5, 0.6) is 0 Å². The highest BCUT2D eigenvalue weighted by atomic mass is 32.2. The summed E-state index contributed by atoms with van der Waals surface area (Å²) < 4.78 is 33.0. The summed E-state index contributed by atoms with van der Waals surface area (Å²) in [6.45, 7) is 9.54. The van der Waals surface area contributed by atoms with Gasteiger partial charge in [-0.15, -0.1) is 0 Å². The fourth-order valence-corrected chi connectivity index (χ4v) is 4.16. The van der Waals surface area contributed by atoms with Crippen molar-refractivity contribution in [2.45, 2.75) is 45.6 Å². The molecule has 0 radical (unpaired) electrons. The number of carbonyl (C=O) groups is 1. The zero-order chi connectivity index (χ0) is 19.6. The fraction of sp³-hybridized carbons (Fsp3) is 0.350. The third-order valence-corrected chi connectivity index (χ3v) is 6.14. The highest BCUT2D eigenvalue weighted by Crippen LogP contribution is 2.24. The van der Waals surface area contributed by atoms with Crippen LogP contribution >= 0.6 is 0 Å². The molecule has 2 aromatic carbocycles. The number of rotatable bonds is 5. The molecule has 2 rings (SSSR count). The van der Waals surface area contributed by atoms with E-state index in [9.17, 15) is 13.2 Å². The maximum absolute atomic E-state index is 12.8. The zero-order valence-corrected chi connectivity index (χ0v) is 16.8. The molecule has 0 saturated heterocycles. The average molecular weight is 375 g/mol. The molecule has 0 bridgehead atoms. The van der Waals surface area contributed by atoms with Crippen LogP contribution in [0, 0.1) is 27.7 Å². The predicted octanol–water partition coefficient (Wildman–Crippen LogP) is 3.75. The fourth-order valence-electron chi connectivity index (χ4n) is 2.91. The summed E-state index contributed by atoms with van der Waals surface area (Å²) in [5, 5.41) is 0. The molecule has 0 heterocycles. The summed E-state index contributed by atoms with van der Waals surface area (Å²) in [6.07, 6.45) is 0. The first-order chi connectivity index (χ1) is 12.1. The van der Waals surface area contributed by atoms with Crippen molar-refractivity contribution in [1.82, 2.24) is 4.72 Å². The average Bonchev–Trinajstić information content (AvgIpc) is 2.57. The van der Waals surface area contributed by atoms with Crippen molar-refractivity contribution in [2.24, 2.45) is 0 Å². The minimum absolute atomic E-state index is 0.0387. The Hall–Kier alpha value is -2.18. The van der Waals surface area contributed by atoms with Gasteiger partial charge in [0, 0.05) is 6.04 Å². The first-order valence-corrected chi connectivity index (χ1v) is 9.84. The molecule has 0 aliphatic rings. The number of nitrogens with one attached hydrogen (secondary N) is 1. The predicted molar refractivity (Wildman–Crippen MR) is 102 cm³/mol. The Labute approximate surface area is 155 Å². The van der Waals surface area contributed by atoms with Gasteiger partial charge in [-0.2, -0.15) is 0 Å². The van der Waals surface area contributed by atoms with Crippen LogP contribution in [0.15, 0.2) is 35.2 Å². The number of carbonyl (C=O) groups excluding carboxylic acids is 1. The van der Waals surface area contributed by atoms with Crippen LogP contribution in [0.4, 0.5) is 0 Å². The van der Waals surface area contributed by atoms with Crippen molar-refractivity contribution in [1.29, 1.82) is 0 Å². The van der Waals surface area contributed by atoms with Gasteiger partial charge in [0.25, 0.3) is 0 Å². The summed E-state index contributed by atoms with van der Waals surface area (Å²) >= 11 is 0. The second-order valence-corrected chi connectivity index (χ2v) is 8.32. The number of ether oxygens (including phenoxy) is 1. The number of benzene rings is 2. The molecule has 1 N–H and O–H groups in total. The maximum Gasteiger partial charge on any atom is 0.338 e. The van der Waals surface area contributed by atoms with E-state index in [0.29, 0.717) is 5.56 Å². The van der Waals surface area contributed by atoms with E-state index >= 15 is 0 Å². The number of hydrogen-bond acceptors (Lipinski definition) is 4. The van der Waals surface area contributed by atoms with Crippen molar-refractivity contribution >= 4 is 16.0 Å². The molecule has 0 amide bonds. The minimum atomic E-state index is -3.79. The van der Waals surface area contributed by atoms with Gasteiger partial charge in [0.1, 0.15) is 0 Å². The van der Waals surface area contributed by atoms with Gasteiger partial charge in [-0.3, -0.25) is 0 Å². The van der Waals surface area contributed by atoms with Crippen LogP contribution in [0.25, 0.3) is 0 Å². The van der Waals surface area contributed by atoms with Gasteiger partial charge in [0.05, 0.1) is 17.6 Å². The second kappa shape index (κ2) is 7.60. The van der Waals surface area contributed by atoms with Gasteiger partial charge in [-0.25, -0.2) is 17.9 Å². The van der Waals surface area contributed by atoms with Crippen molar-refractivity contribution in [3.05, 3.63) is 63.7 Å². The summed E-state index contributed by atoms with van der Waals surface area (Å²) in [4.78, 5) is 11.9. The normalized spacial score (nSPS) is 12.7. The minimum Gasteiger partial charge on any atom is -0.465 e. The quantitative estimate of drug-likeness (QED) is 0.808. The SMILES string of the molecule is COC(=O)c1cc(S(=O)(=O)NC(C)c2cc(C)c(C)cc2C)ccc1C. The third-order valence-electron chi connectivity index (χ3n) is 4.61. The summed E-state index contributed by atoms with van der Waals surface area (Å²) in [5.41, 5.74) is 5.14. The number of esters is 1. The zero-order valence-electron chi connectivity index (χ0n) is 16.0. The van der Waals surface area contributed by atoms with Crippen molar-refractivity contribution in [3.63, 3.8) is 0 Å². The number of sulfonamides is 1. The Morgan fingerprint density at radius 3 is 2.19 bits per heavy atom. The molecule has 1 unspecified atom stereocenters. The number of methoxy groups -OCH3 is 1. The van der Waals surface area contributed by atoms with E-state index in [1.165, 1.54) is 24.8 Å². The Kier molecular flexibility index (Phi) is 5.88. The van der Waals surface area contributed by atoms with Gasteiger partial charge < -0.3 is 4.74 Å². The second-order valence-electron chi connectivity index (χ2n) is 6.60. The third kappa shape index (κ3) is 4.14. The number of hydrogen-bond donors (Lipinski definition) is 1. The Morgan fingerprint density at radius 1 is 0.962 bits per heavy atom. The molecule has 2 aromatic rings. The molecule has 0 spiro atoms. The monoisotopic (exact) mass is 375 g/mol. The van der Waals surface area contributed by atoms with Crippen LogP contribution in [0.1, 0.15) is 51.1 Å². The maximum atomic E-state index is 12.8. The summed E-state index contributed by atoms with van der Waals surface area (Å²) in [6, 6.07) is 8.10. The van der Waals surface area contributed by atoms with Crippen molar-refractivity contribution < 1.29 is 17.9 Å². The lowest BCUT2D eigenvalue weighted by molar-refractivity contribution is 0.0599. The molecule has 140 valence electrons. The van der Waals surface area contributed by atoms with Crippen LogP contribution in [-0.4, -0.2) is 21.5 Å². The van der Waals surface area contributed by atoms with Crippen LogP contribution in [0.2, 0.25) is 0 Å². The van der Waals surface area contributed by atoms with E-state index in [1.807, 2.05) is 33.8 Å². The molecular weight excluding hydrogens is 350 g/mol. The largest absolute Gasteiger partial charge is 0.465 e. The van der Waals surface area contributed by atoms with E-state index in [1.54, 1.807) is 13.0 Å². The van der Waals surface area contributed by atoms with Crippen LogP contribution < -0.4 is 4.72 Å². The molecule has 6 heteroatoms. The molecule has 0 saturated carbocycles. The van der Waals surface area contributed by atoms with Crippen molar-refractivity contribution in [2.75, 3.05) is 7.11 Å². The standard InChI is InChI=1S/C20H25NO4S/c1-12-7-8-17(11-19(12)20(22)25-6)26(23,24)21-16(5)18-10-14(3)13(2)9-15(18)4/h7-11,16,21H,1-6H3. The first kappa shape index (κ1) is 20.1. The number of aryl methyl sites for hydroxylation is 4. The summed E-state index contributed by atoms with van der Waals surface area (Å²) in [5.74, 6) is -0.558. The van der Waals surface area contributed by atoms with E-state index in [2.05, 4.69) is 10.8 Å². The lowest BCUT2D eigenvalue weighted by Crippen LogP contribution is -2.27. The molecule has 26 heavy (non-hydrogen) atoms. The summed E-state index contributed by atoms with van der Waals surface area (Å²) in [7, 11) is -2.52. The van der Waals surface area contributed by atoms with E-state index in [-0.39, 0.29) is 10.5 Å². The first-order valence-electron chi connectivity index (χ1n) is 8.36. The van der Waals surface area contributed by atoms with Gasteiger partial charge in [-0.05, 0) is 74.6 Å². The molecule has 1 atom stereocenters. The Bertz CT molecular complexity index is 949. The van der Waals surface area contributed by atoms with Crippen LogP contribution in [0.3, 0.4) is 0 Å². The lowest BCUT2D eigenvalue weighted by atomic mass is 9.97. The molecule has 5 nitrogen and oxygen atoms in total. The Balaban J connectivity index is 2.37. The molecule has 0 fully saturated rings.